The van der Waals surface area contributed by atoms with Crippen LogP contribution in [0.1, 0.15) is 12.8 Å². The molecule has 0 bridgehead atoms. The smallest absolute Gasteiger partial charge is 0.246 e. The Bertz CT molecular complexity index is 627. The number of fused-ring (bicyclic) bond motifs is 1. The van der Waals surface area contributed by atoms with Gasteiger partial charge in [-0.25, -0.2) is 4.98 Å². The number of hydrogen-bond donors (Lipinski definition) is 0. The molecule has 0 amide bonds. The maximum absolute atomic E-state index is 5.78. The van der Waals surface area contributed by atoms with E-state index in [0.29, 0.717) is 25.7 Å². The van der Waals surface area contributed by atoms with Crippen LogP contribution >= 0.6 is 0 Å². The van der Waals surface area contributed by atoms with E-state index in [2.05, 4.69) is 20.1 Å². The van der Waals surface area contributed by atoms with Crippen molar-refractivity contribution < 1.29 is 9.47 Å². The number of piperidine rings is 1. The van der Waals surface area contributed by atoms with Gasteiger partial charge in [-0.1, -0.05) is 12.1 Å². The molecule has 6 heteroatoms. The second-order valence-corrected chi connectivity index (χ2v) is 5.23. The lowest BCUT2D eigenvalue weighted by Crippen LogP contribution is -2.49. The molecule has 3 heterocycles. The normalized spacial score (nSPS) is 21.7. The van der Waals surface area contributed by atoms with E-state index in [4.69, 9.17) is 9.47 Å². The predicted molar refractivity (Wildman–Crippen MR) is 73.4 cm³/mol. The lowest BCUT2D eigenvalue weighted by Gasteiger charge is -2.38. The van der Waals surface area contributed by atoms with Crippen LogP contribution in [-0.2, 0) is 9.47 Å². The molecule has 20 heavy (non-hydrogen) atoms. The summed E-state index contributed by atoms with van der Waals surface area (Å²) in [5.74, 6) is 0.189. The third-order valence-electron chi connectivity index (χ3n) is 3.86. The van der Waals surface area contributed by atoms with Crippen LogP contribution in [0.2, 0.25) is 0 Å². The van der Waals surface area contributed by atoms with E-state index in [-0.39, 0.29) is 0 Å². The number of hydrogen-bond acceptors (Lipinski definition) is 6. The summed E-state index contributed by atoms with van der Waals surface area (Å²) < 4.78 is 11.6. The van der Waals surface area contributed by atoms with Crippen LogP contribution in [0.3, 0.4) is 0 Å². The number of ether oxygens (including phenoxy) is 2. The summed E-state index contributed by atoms with van der Waals surface area (Å²) in [5, 5.41) is 8.47. The Kier molecular flexibility index (Phi) is 2.78. The van der Waals surface area contributed by atoms with Crippen molar-refractivity contribution in [1.29, 1.82) is 0 Å². The van der Waals surface area contributed by atoms with Gasteiger partial charge in [-0.3, -0.25) is 0 Å². The van der Waals surface area contributed by atoms with Crippen molar-refractivity contribution in [3.05, 3.63) is 24.3 Å². The second-order valence-electron chi connectivity index (χ2n) is 5.23. The van der Waals surface area contributed by atoms with Gasteiger partial charge in [0.2, 0.25) is 5.95 Å². The molecule has 0 atom stereocenters. The van der Waals surface area contributed by atoms with E-state index in [1.165, 1.54) is 0 Å². The standard InChI is InChI=1S/C14H16N4O2/c1-2-5-12-11(4-1)15-13(17-16-12)18-7-3-6-14(10-18)19-8-9-20-14/h1-2,4-5H,3,6-10H2. The lowest BCUT2D eigenvalue weighted by molar-refractivity contribution is -0.161. The van der Waals surface area contributed by atoms with Crippen molar-refractivity contribution in [2.45, 2.75) is 18.6 Å². The van der Waals surface area contributed by atoms with Gasteiger partial charge in [-0.2, -0.15) is 0 Å². The van der Waals surface area contributed by atoms with Gasteiger partial charge in [0, 0.05) is 13.0 Å². The SMILES string of the molecule is c1ccc2nc(N3CCCC4(C3)OCCO4)nnc2c1. The number of rotatable bonds is 1. The third kappa shape index (κ3) is 2.01. The Balaban J connectivity index is 1.64. The monoisotopic (exact) mass is 272 g/mol. The summed E-state index contributed by atoms with van der Waals surface area (Å²) in [7, 11) is 0. The molecule has 1 aromatic heterocycles. The zero-order valence-electron chi connectivity index (χ0n) is 11.2. The maximum atomic E-state index is 5.78. The average molecular weight is 272 g/mol. The summed E-state index contributed by atoms with van der Waals surface area (Å²) in [4.78, 5) is 6.70. The quantitative estimate of drug-likeness (QED) is 0.781. The van der Waals surface area contributed by atoms with Gasteiger partial charge in [0.1, 0.15) is 5.52 Å². The molecule has 2 aliphatic rings. The van der Waals surface area contributed by atoms with Gasteiger partial charge >= 0.3 is 0 Å². The molecule has 0 N–H and O–H groups in total. The molecule has 0 aliphatic carbocycles. The van der Waals surface area contributed by atoms with Crippen LogP contribution < -0.4 is 4.90 Å². The van der Waals surface area contributed by atoms with E-state index in [1.807, 2.05) is 24.3 Å². The molecule has 2 fully saturated rings. The molecular formula is C14H16N4O2. The zero-order chi connectivity index (χ0) is 13.4. The molecule has 1 spiro atoms. The first-order valence-electron chi connectivity index (χ1n) is 6.97. The molecule has 104 valence electrons. The molecule has 1 aromatic carbocycles. The van der Waals surface area contributed by atoms with E-state index < -0.39 is 5.79 Å². The van der Waals surface area contributed by atoms with Gasteiger partial charge in [0.15, 0.2) is 5.79 Å². The van der Waals surface area contributed by atoms with Crippen LogP contribution in [0.4, 0.5) is 5.95 Å². The van der Waals surface area contributed by atoms with Crippen molar-refractivity contribution in [2.75, 3.05) is 31.2 Å². The number of para-hydroxylation sites is 1. The molecule has 4 rings (SSSR count). The molecule has 2 saturated heterocycles. The first-order chi connectivity index (χ1) is 9.85. The first-order valence-corrected chi connectivity index (χ1v) is 6.97. The topological polar surface area (TPSA) is 60.4 Å². The summed E-state index contributed by atoms with van der Waals surface area (Å²) >= 11 is 0. The highest BCUT2D eigenvalue weighted by atomic mass is 16.7. The fraction of sp³-hybridized carbons (Fsp3) is 0.500. The fourth-order valence-corrected chi connectivity index (χ4v) is 2.90. The Hall–Kier alpha value is -1.79. The second kappa shape index (κ2) is 4.64. The Morgan fingerprint density at radius 1 is 1.05 bits per heavy atom. The molecule has 6 nitrogen and oxygen atoms in total. The number of benzene rings is 1. The van der Waals surface area contributed by atoms with Crippen LogP contribution in [-0.4, -0.2) is 47.3 Å². The van der Waals surface area contributed by atoms with E-state index in [9.17, 15) is 0 Å². The van der Waals surface area contributed by atoms with Gasteiger partial charge in [0.05, 0.1) is 25.3 Å². The summed E-state index contributed by atoms with van der Waals surface area (Å²) in [6, 6.07) is 7.77. The van der Waals surface area contributed by atoms with Crippen molar-refractivity contribution in [3.63, 3.8) is 0 Å². The van der Waals surface area contributed by atoms with Gasteiger partial charge < -0.3 is 14.4 Å². The Morgan fingerprint density at radius 3 is 2.70 bits per heavy atom. The Labute approximate surface area is 116 Å². The number of aromatic nitrogens is 3. The van der Waals surface area contributed by atoms with Crippen LogP contribution in [0.5, 0.6) is 0 Å². The minimum Gasteiger partial charge on any atom is -0.346 e. The minimum absolute atomic E-state index is 0.465. The van der Waals surface area contributed by atoms with Crippen LogP contribution in [0.15, 0.2) is 24.3 Å². The maximum Gasteiger partial charge on any atom is 0.246 e. The first kappa shape index (κ1) is 12.0. The molecule has 0 unspecified atom stereocenters. The number of nitrogens with zero attached hydrogens (tertiary/aromatic N) is 4. The highest BCUT2D eigenvalue weighted by Crippen LogP contribution is 2.31. The van der Waals surface area contributed by atoms with Crippen molar-refractivity contribution >= 4 is 17.0 Å². The fourth-order valence-electron chi connectivity index (χ4n) is 2.90. The van der Waals surface area contributed by atoms with Crippen LogP contribution in [0, 0.1) is 0 Å². The summed E-state index contributed by atoms with van der Waals surface area (Å²) in [5.41, 5.74) is 1.68. The zero-order valence-corrected chi connectivity index (χ0v) is 11.2. The van der Waals surface area contributed by atoms with Gasteiger partial charge in [-0.15, -0.1) is 10.2 Å². The predicted octanol–water partition coefficient (Wildman–Crippen LogP) is 1.37. The van der Waals surface area contributed by atoms with Gasteiger partial charge in [0.25, 0.3) is 0 Å². The number of anilines is 1. The minimum atomic E-state index is -0.465. The third-order valence-corrected chi connectivity index (χ3v) is 3.86. The summed E-state index contributed by atoms with van der Waals surface area (Å²) in [6.45, 7) is 2.93. The molecule has 0 radical (unpaired) electrons. The molecule has 2 aliphatic heterocycles. The highest BCUT2D eigenvalue weighted by Gasteiger charge is 2.41. The Morgan fingerprint density at radius 2 is 1.85 bits per heavy atom. The molecule has 0 saturated carbocycles. The molecule has 2 aromatic rings. The van der Waals surface area contributed by atoms with E-state index in [1.54, 1.807) is 0 Å². The lowest BCUT2D eigenvalue weighted by atomic mass is 10.1. The highest BCUT2D eigenvalue weighted by molar-refractivity contribution is 5.74. The van der Waals surface area contributed by atoms with Crippen LogP contribution in [0.25, 0.3) is 11.0 Å². The van der Waals surface area contributed by atoms with Crippen molar-refractivity contribution in [2.24, 2.45) is 0 Å². The average Bonchev–Trinajstić information content (AvgIpc) is 2.94. The largest absolute Gasteiger partial charge is 0.346 e. The van der Waals surface area contributed by atoms with E-state index in [0.717, 1.165) is 30.4 Å². The van der Waals surface area contributed by atoms with E-state index >= 15 is 0 Å². The molecular weight excluding hydrogens is 256 g/mol. The van der Waals surface area contributed by atoms with Gasteiger partial charge in [-0.05, 0) is 18.6 Å². The van der Waals surface area contributed by atoms with Crippen molar-refractivity contribution in [3.8, 4) is 0 Å². The summed E-state index contributed by atoms with van der Waals surface area (Å²) in [6.07, 6.45) is 1.95. The van der Waals surface area contributed by atoms with Crippen molar-refractivity contribution in [1.82, 2.24) is 15.2 Å².